The maximum Gasteiger partial charge on any atom is 0.203 e. The molecule has 0 amide bonds. The minimum absolute atomic E-state index is 0.0411. The Balaban J connectivity index is 1.71. The first-order valence-corrected chi connectivity index (χ1v) is 8.47. The number of thiazole rings is 1. The van der Waals surface area contributed by atoms with Gasteiger partial charge in [0.05, 0.1) is 11.9 Å². The van der Waals surface area contributed by atoms with Crippen LogP contribution in [0.5, 0.6) is 5.75 Å². The first-order valence-electron chi connectivity index (χ1n) is 7.59. The smallest absolute Gasteiger partial charge is 0.203 e. The molecule has 0 aliphatic rings. The Kier molecular flexibility index (Phi) is 5.52. The number of aryl methyl sites for hydroxylation is 1. The zero-order chi connectivity index (χ0) is 18.5. The van der Waals surface area contributed by atoms with Gasteiger partial charge in [-0.15, -0.1) is 11.3 Å². The molecular formula is C18H14F3N3OS. The molecule has 8 heteroatoms. The predicted octanol–water partition coefficient (Wildman–Crippen LogP) is 4.89. The standard InChI is InChI=1S/C18H14F3N3OS/c1-11-10-26-18(23-11)24-22-8-13-3-4-14(19)7-17(13)25-9-12-2-5-15(20)16(21)6-12/h2-8,10H,9H2,1H3,(H,23,24). The Morgan fingerprint density at radius 1 is 1.15 bits per heavy atom. The van der Waals surface area contributed by atoms with Crippen molar-refractivity contribution in [2.24, 2.45) is 5.10 Å². The number of nitrogens with zero attached hydrogens (tertiary/aromatic N) is 2. The van der Waals surface area contributed by atoms with E-state index in [1.165, 1.54) is 41.8 Å². The zero-order valence-electron chi connectivity index (χ0n) is 13.7. The fraction of sp³-hybridized carbons (Fsp3) is 0.111. The summed E-state index contributed by atoms with van der Waals surface area (Å²) in [7, 11) is 0. The SMILES string of the molecule is Cc1csc(NN=Cc2ccc(F)cc2OCc2ccc(F)c(F)c2)n1. The molecule has 26 heavy (non-hydrogen) atoms. The second-order valence-corrected chi connectivity index (χ2v) is 6.24. The summed E-state index contributed by atoms with van der Waals surface area (Å²) in [5, 5.41) is 6.57. The Labute approximate surface area is 152 Å². The van der Waals surface area contributed by atoms with Crippen molar-refractivity contribution in [3.8, 4) is 5.75 Å². The quantitative estimate of drug-likeness (QED) is 0.491. The van der Waals surface area contributed by atoms with Gasteiger partial charge in [0.1, 0.15) is 18.2 Å². The predicted molar refractivity (Wildman–Crippen MR) is 95.2 cm³/mol. The van der Waals surface area contributed by atoms with Crippen LogP contribution in [0, 0.1) is 24.4 Å². The third-order valence-corrected chi connectivity index (χ3v) is 4.20. The van der Waals surface area contributed by atoms with E-state index in [4.69, 9.17) is 4.74 Å². The largest absolute Gasteiger partial charge is 0.488 e. The fourth-order valence-corrected chi connectivity index (χ4v) is 2.73. The molecule has 0 saturated carbocycles. The summed E-state index contributed by atoms with van der Waals surface area (Å²) in [6.07, 6.45) is 1.47. The molecule has 134 valence electrons. The lowest BCUT2D eigenvalue weighted by Gasteiger charge is -2.09. The minimum Gasteiger partial charge on any atom is -0.488 e. The lowest BCUT2D eigenvalue weighted by molar-refractivity contribution is 0.303. The van der Waals surface area contributed by atoms with Crippen LogP contribution in [0.2, 0.25) is 0 Å². The molecule has 0 spiro atoms. The number of hydrogen-bond acceptors (Lipinski definition) is 5. The topological polar surface area (TPSA) is 46.5 Å². The van der Waals surface area contributed by atoms with Crippen LogP contribution < -0.4 is 10.2 Å². The molecule has 3 aromatic rings. The molecule has 0 aliphatic heterocycles. The Morgan fingerprint density at radius 3 is 2.73 bits per heavy atom. The molecule has 0 aliphatic carbocycles. The first kappa shape index (κ1) is 17.9. The van der Waals surface area contributed by atoms with E-state index in [0.29, 0.717) is 16.3 Å². The highest BCUT2D eigenvalue weighted by molar-refractivity contribution is 7.13. The summed E-state index contributed by atoms with van der Waals surface area (Å²) in [6.45, 7) is 1.83. The second-order valence-electron chi connectivity index (χ2n) is 5.38. The molecule has 2 aromatic carbocycles. The highest BCUT2D eigenvalue weighted by Crippen LogP contribution is 2.21. The van der Waals surface area contributed by atoms with E-state index in [9.17, 15) is 13.2 Å². The van der Waals surface area contributed by atoms with E-state index < -0.39 is 17.5 Å². The number of anilines is 1. The number of hydrogen-bond donors (Lipinski definition) is 1. The van der Waals surface area contributed by atoms with Crippen molar-refractivity contribution in [2.45, 2.75) is 13.5 Å². The Hall–Kier alpha value is -2.87. The lowest BCUT2D eigenvalue weighted by Crippen LogP contribution is -2.01. The summed E-state index contributed by atoms with van der Waals surface area (Å²) in [4.78, 5) is 4.21. The molecule has 1 heterocycles. The van der Waals surface area contributed by atoms with Gasteiger partial charge in [-0.05, 0) is 36.8 Å². The summed E-state index contributed by atoms with van der Waals surface area (Å²) in [6, 6.07) is 7.44. The van der Waals surface area contributed by atoms with Gasteiger partial charge in [0, 0.05) is 17.0 Å². The van der Waals surface area contributed by atoms with E-state index in [-0.39, 0.29) is 12.4 Å². The van der Waals surface area contributed by atoms with Crippen LogP contribution >= 0.6 is 11.3 Å². The summed E-state index contributed by atoms with van der Waals surface area (Å²) in [5.74, 6) is -2.15. The molecule has 1 aromatic heterocycles. The van der Waals surface area contributed by atoms with Crippen molar-refractivity contribution in [1.82, 2.24) is 4.98 Å². The van der Waals surface area contributed by atoms with Gasteiger partial charge >= 0.3 is 0 Å². The molecule has 0 fully saturated rings. The number of aromatic nitrogens is 1. The average Bonchev–Trinajstić information content (AvgIpc) is 3.03. The van der Waals surface area contributed by atoms with E-state index in [1.54, 1.807) is 0 Å². The van der Waals surface area contributed by atoms with Crippen molar-refractivity contribution in [3.63, 3.8) is 0 Å². The highest BCUT2D eigenvalue weighted by Gasteiger charge is 2.07. The van der Waals surface area contributed by atoms with Crippen LogP contribution in [0.15, 0.2) is 46.9 Å². The number of halogens is 3. The van der Waals surface area contributed by atoms with E-state index in [1.807, 2.05) is 12.3 Å². The van der Waals surface area contributed by atoms with Gasteiger partial charge in [-0.1, -0.05) is 6.07 Å². The molecule has 0 atom stereocenters. The molecule has 0 unspecified atom stereocenters. The number of rotatable bonds is 6. The van der Waals surface area contributed by atoms with Gasteiger partial charge in [0.15, 0.2) is 11.6 Å². The average molecular weight is 377 g/mol. The van der Waals surface area contributed by atoms with Crippen molar-refractivity contribution in [2.75, 3.05) is 5.43 Å². The van der Waals surface area contributed by atoms with Crippen molar-refractivity contribution >= 4 is 22.7 Å². The molecule has 4 nitrogen and oxygen atoms in total. The van der Waals surface area contributed by atoms with Gasteiger partial charge < -0.3 is 4.74 Å². The third kappa shape index (κ3) is 4.60. The van der Waals surface area contributed by atoms with E-state index in [0.717, 1.165) is 17.8 Å². The van der Waals surface area contributed by atoms with Crippen LogP contribution in [0.1, 0.15) is 16.8 Å². The third-order valence-electron chi connectivity index (χ3n) is 3.34. The number of hydrazone groups is 1. The Bertz CT molecular complexity index is 943. The van der Waals surface area contributed by atoms with Crippen LogP contribution in [0.25, 0.3) is 0 Å². The van der Waals surface area contributed by atoms with Gasteiger partial charge in [-0.3, -0.25) is 5.43 Å². The Morgan fingerprint density at radius 2 is 2.00 bits per heavy atom. The van der Waals surface area contributed by atoms with Crippen molar-refractivity contribution in [1.29, 1.82) is 0 Å². The van der Waals surface area contributed by atoms with Crippen LogP contribution in [0.4, 0.5) is 18.3 Å². The molecule has 1 N–H and O–H groups in total. The van der Waals surface area contributed by atoms with E-state index >= 15 is 0 Å². The van der Waals surface area contributed by atoms with Crippen molar-refractivity contribution < 1.29 is 17.9 Å². The number of ether oxygens (including phenoxy) is 1. The summed E-state index contributed by atoms with van der Waals surface area (Å²) < 4.78 is 45.3. The summed E-state index contributed by atoms with van der Waals surface area (Å²) >= 11 is 1.41. The second kappa shape index (κ2) is 8.01. The molecule has 0 saturated heterocycles. The number of benzene rings is 2. The molecule has 0 radical (unpaired) electrons. The van der Waals surface area contributed by atoms with Gasteiger partial charge in [0.25, 0.3) is 0 Å². The first-order chi connectivity index (χ1) is 12.5. The van der Waals surface area contributed by atoms with Crippen LogP contribution in [-0.2, 0) is 6.61 Å². The van der Waals surface area contributed by atoms with Gasteiger partial charge in [-0.25, -0.2) is 18.2 Å². The zero-order valence-corrected chi connectivity index (χ0v) is 14.5. The van der Waals surface area contributed by atoms with Crippen LogP contribution in [0.3, 0.4) is 0 Å². The van der Waals surface area contributed by atoms with E-state index in [2.05, 4.69) is 15.5 Å². The number of nitrogens with one attached hydrogen (secondary N) is 1. The molecular weight excluding hydrogens is 363 g/mol. The van der Waals surface area contributed by atoms with Gasteiger partial charge in [0.2, 0.25) is 5.13 Å². The fourth-order valence-electron chi connectivity index (χ4n) is 2.09. The van der Waals surface area contributed by atoms with Crippen molar-refractivity contribution in [3.05, 3.63) is 76.1 Å². The highest BCUT2D eigenvalue weighted by atomic mass is 32.1. The molecule has 0 bridgehead atoms. The summed E-state index contributed by atoms with van der Waals surface area (Å²) in [5.41, 5.74) is 4.61. The normalized spacial score (nSPS) is 11.1. The van der Waals surface area contributed by atoms with Crippen LogP contribution in [-0.4, -0.2) is 11.2 Å². The molecule has 3 rings (SSSR count). The maximum absolute atomic E-state index is 13.5. The lowest BCUT2D eigenvalue weighted by atomic mass is 10.2. The maximum atomic E-state index is 13.5. The monoisotopic (exact) mass is 377 g/mol. The van der Waals surface area contributed by atoms with Gasteiger partial charge in [-0.2, -0.15) is 5.10 Å². The minimum atomic E-state index is -0.963.